The number of aryl methyl sites for hydroxylation is 1. The molecular weight excluding hydrogens is 440 g/mol. The van der Waals surface area contributed by atoms with Crippen LogP contribution in [0.2, 0.25) is 0 Å². The molecule has 0 radical (unpaired) electrons. The molecule has 2 fully saturated rings. The van der Waals surface area contributed by atoms with Crippen LogP contribution in [0.1, 0.15) is 74.5 Å². The van der Waals surface area contributed by atoms with E-state index in [-0.39, 0.29) is 18.1 Å². The third-order valence-electron chi connectivity index (χ3n) is 7.27. The predicted octanol–water partition coefficient (Wildman–Crippen LogP) is 4.65. The highest BCUT2D eigenvalue weighted by Gasteiger charge is 2.29. The highest BCUT2D eigenvalue weighted by Crippen LogP contribution is 2.28. The van der Waals surface area contributed by atoms with Crippen LogP contribution in [0.5, 0.6) is 5.75 Å². The second-order valence-corrected chi connectivity index (χ2v) is 10.0. The molecule has 1 aromatic heterocycles. The monoisotopic (exact) mass is 480 g/mol. The first-order valence-corrected chi connectivity index (χ1v) is 13.2. The number of carbonyl (C=O) groups excluding carboxylic acids is 1. The summed E-state index contributed by atoms with van der Waals surface area (Å²) in [6, 6.07) is 10.1. The summed E-state index contributed by atoms with van der Waals surface area (Å²) in [7, 11) is 3.77. The van der Waals surface area contributed by atoms with E-state index in [1.807, 2.05) is 18.2 Å². The van der Waals surface area contributed by atoms with E-state index in [2.05, 4.69) is 46.5 Å². The summed E-state index contributed by atoms with van der Waals surface area (Å²) < 4.78 is 11.8. The van der Waals surface area contributed by atoms with Crippen LogP contribution in [0.4, 0.5) is 0 Å². The normalized spacial score (nSPS) is 21.6. The van der Waals surface area contributed by atoms with E-state index >= 15 is 0 Å². The Morgan fingerprint density at radius 2 is 1.89 bits per heavy atom. The van der Waals surface area contributed by atoms with Gasteiger partial charge < -0.3 is 19.7 Å². The van der Waals surface area contributed by atoms with Gasteiger partial charge in [0, 0.05) is 19.2 Å². The number of likely N-dealkylation sites (N-methyl/N-ethyl adjacent to an activating group) is 1. The van der Waals surface area contributed by atoms with Crippen LogP contribution >= 0.6 is 0 Å². The maximum Gasteiger partial charge on any atom is 0.272 e. The van der Waals surface area contributed by atoms with Gasteiger partial charge in [-0.15, -0.1) is 5.10 Å². The van der Waals surface area contributed by atoms with Gasteiger partial charge in [-0.3, -0.25) is 4.79 Å². The number of unbranched alkanes of at least 4 members (excludes halogenated alkanes) is 1. The van der Waals surface area contributed by atoms with Gasteiger partial charge in [0.25, 0.3) is 5.91 Å². The molecule has 190 valence electrons. The van der Waals surface area contributed by atoms with Gasteiger partial charge in [0.05, 0.1) is 23.9 Å². The van der Waals surface area contributed by atoms with E-state index < -0.39 is 0 Å². The van der Waals surface area contributed by atoms with E-state index in [1.54, 1.807) is 7.11 Å². The largest absolute Gasteiger partial charge is 0.490 e. The van der Waals surface area contributed by atoms with Gasteiger partial charge in [-0.05, 0) is 82.3 Å². The van der Waals surface area contributed by atoms with E-state index in [1.165, 1.54) is 19.3 Å². The van der Waals surface area contributed by atoms with Crippen LogP contribution < -0.4 is 10.1 Å². The molecule has 1 aromatic carbocycles. The summed E-state index contributed by atoms with van der Waals surface area (Å²) >= 11 is 0. The molecular formula is C28H40N4O3. The molecule has 1 N–H and O–H groups in total. The van der Waals surface area contributed by atoms with Gasteiger partial charge >= 0.3 is 0 Å². The first-order valence-electron chi connectivity index (χ1n) is 13.2. The van der Waals surface area contributed by atoms with Crippen LogP contribution in [0, 0.1) is 0 Å². The third-order valence-corrected chi connectivity index (χ3v) is 7.27. The maximum absolute atomic E-state index is 13.1. The Labute approximate surface area is 209 Å². The lowest BCUT2D eigenvalue weighted by Crippen LogP contribution is -2.53. The molecule has 1 saturated heterocycles. The van der Waals surface area contributed by atoms with Crippen LogP contribution in [-0.2, 0) is 11.2 Å². The molecule has 2 aliphatic rings. The number of nitrogens with one attached hydrogen (secondary N) is 1. The number of methoxy groups -OCH3 is 1. The standard InChI is InChI=1S/C28H40N4O3/c1-4-5-11-24-23(20-12-14-22(15-13-20)35-21-9-7-6-8-10-21)18-26(31-30-24)28(33)29-25-16-17-32(2)19-27(25)34-3/h12-15,18,21,25,27H,4-11,16-17,19H2,1-3H3,(H,29,33)/t25-,27+/m1/s1. The summed E-state index contributed by atoms with van der Waals surface area (Å²) in [5, 5.41) is 11.9. The van der Waals surface area contributed by atoms with Gasteiger partial charge in [0.2, 0.25) is 0 Å². The van der Waals surface area contributed by atoms with E-state index in [9.17, 15) is 4.79 Å². The average Bonchev–Trinajstić information content (AvgIpc) is 2.89. The summed E-state index contributed by atoms with van der Waals surface area (Å²) in [5.41, 5.74) is 3.27. The number of hydrogen-bond acceptors (Lipinski definition) is 6. The Bertz CT molecular complexity index is 959. The van der Waals surface area contributed by atoms with Crippen molar-refractivity contribution in [3.8, 4) is 16.9 Å². The molecule has 2 atom stereocenters. The van der Waals surface area contributed by atoms with Crippen molar-refractivity contribution in [2.45, 2.75) is 83.0 Å². The topological polar surface area (TPSA) is 76.6 Å². The lowest BCUT2D eigenvalue weighted by molar-refractivity contribution is 0.0141. The fourth-order valence-electron chi connectivity index (χ4n) is 5.11. The SMILES string of the molecule is CCCCc1nnc(C(=O)N[C@@H]2CCN(C)C[C@@H]2OC)cc1-c1ccc(OC2CCCCC2)cc1. The summed E-state index contributed by atoms with van der Waals surface area (Å²) in [4.78, 5) is 15.4. The van der Waals surface area contributed by atoms with Crippen LogP contribution in [-0.4, -0.2) is 66.5 Å². The smallest absolute Gasteiger partial charge is 0.272 e. The van der Waals surface area contributed by atoms with Gasteiger partial charge in [0.1, 0.15) is 5.75 Å². The molecule has 2 aromatic rings. The summed E-state index contributed by atoms with van der Waals surface area (Å²) in [5.74, 6) is 0.707. The summed E-state index contributed by atoms with van der Waals surface area (Å²) in [6.45, 7) is 3.89. The molecule has 1 aliphatic carbocycles. The van der Waals surface area contributed by atoms with Crippen molar-refractivity contribution >= 4 is 5.91 Å². The van der Waals surface area contributed by atoms with Crippen molar-refractivity contribution in [3.05, 3.63) is 41.7 Å². The third kappa shape index (κ3) is 6.79. The quantitative estimate of drug-likeness (QED) is 0.563. The molecule has 1 aliphatic heterocycles. The van der Waals surface area contributed by atoms with Crippen molar-refractivity contribution in [3.63, 3.8) is 0 Å². The Kier molecular flexibility index (Phi) is 9.10. The van der Waals surface area contributed by atoms with Crippen molar-refractivity contribution in [1.82, 2.24) is 20.4 Å². The first kappa shape index (κ1) is 25.6. The molecule has 1 amide bonds. The lowest BCUT2D eigenvalue weighted by atomic mass is 9.97. The minimum atomic E-state index is -0.199. The summed E-state index contributed by atoms with van der Waals surface area (Å²) in [6.07, 6.45) is 10.2. The van der Waals surface area contributed by atoms with Crippen LogP contribution in [0.15, 0.2) is 30.3 Å². The molecule has 35 heavy (non-hydrogen) atoms. The van der Waals surface area contributed by atoms with Gasteiger partial charge in [0.15, 0.2) is 5.69 Å². The lowest BCUT2D eigenvalue weighted by Gasteiger charge is -2.36. The minimum Gasteiger partial charge on any atom is -0.490 e. The molecule has 0 bridgehead atoms. The Morgan fingerprint density at radius 3 is 2.60 bits per heavy atom. The Morgan fingerprint density at radius 1 is 1.11 bits per heavy atom. The zero-order valence-electron chi connectivity index (χ0n) is 21.5. The number of aromatic nitrogens is 2. The second kappa shape index (κ2) is 12.5. The number of piperidine rings is 1. The van der Waals surface area contributed by atoms with Crippen molar-refractivity contribution in [1.29, 1.82) is 0 Å². The zero-order valence-corrected chi connectivity index (χ0v) is 21.5. The minimum absolute atomic E-state index is 0.0364. The number of ether oxygens (including phenoxy) is 2. The van der Waals surface area contributed by atoms with E-state index in [0.29, 0.717) is 11.8 Å². The van der Waals surface area contributed by atoms with Crippen molar-refractivity contribution in [2.75, 3.05) is 27.2 Å². The maximum atomic E-state index is 13.1. The molecule has 7 heteroatoms. The number of hydrogen-bond donors (Lipinski definition) is 1. The highest BCUT2D eigenvalue weighted by molar-refractivity contribution is 5.93. The number of carbonyl (C=O) groups is 1. The number of amides is 1. The van der Waals surface area contributed by atoms with Crippen molar-refractivity contribution < 1.29 is 14.3 Å². The van der Waals surface area contributed by atoms with Crippen LogP contribution in [0.3, 0.4) is 0 Å². The fourth-order valence-corrected chi connectivity index (χ4v) is 5.11. The Balaban J connectivity index is 1.51. The Hall–Kier alpha value is -2.51. The number of likely N-dealkylation sites (tertiary alicyclic amines) is 1. The van der Waals surface area contributed by atoms with Gasteiger partial charge in [-0.2, -0.15) is 5.10 Å². The number of nitrogens with zero attached hydrogens (tertiary/aromatic N) is 3. The van der Waals surface area contributed by atoms with E-state index in [4.69, 9.17) is 9.47 Å². The first-order chi connectivity index (χ1) is 17.1. The second-order valence-electron chi connectivity index (χ2n) is 10.0. The molecule has 7 nitrogen and oxygen atoms in total. The molecule has 1 saturated carbocycles. The number of rotatable bonds is 9. The molecule has 4 rings (SSSR count). The van der Waals surface area contributed by atoms with Crippen LogP contribution in [0.25, 0.3) is 11.1 Å². The van der Waals surface area contributed by atoms with Gasteiger partial charge in [-0.1, -0.05) is 31.9 Å². The predicted molar refractivity (Wildman–Crippen MR) is 138 cm³/mol. The highest BCUT2D eigenvalue weighted by atomic mass is 16.5. The number of benzene rings is 1. The van der Waals surface area contributed by atoms with Gasteiger partial charge in [-0.25, -0.2) is 0 Å². The van der Waals surface area contributed by atoms with Crippen molar-refractivity contribution in [2.24, 2.45) is 0 Å². The van der Waals surface area contributed by atoms with E-state index in [0.717, 1.165) is 74.2 Å². The molecule has 0 spiro atoms. The molecule has 0 unspecified atom stereocenters. The molecule has 2 heterocycles. The zero-order chi connectivity index (χ0) is 24.6. The fraction of sp³-hybridized carbons (Fsp3) is 0.607. The average molecular weight is 481 g/mol.